The van der Waals surface area contributed by atoms with Crippen LogP contribution in [0.4, 0.5) is 11.4 Å². The first-order valence-corrected chi connectivity index (χ1v) is 10.7. The van der Waals surface area contributed by atoms with Gasteiger partial charge in [0.15, 0.2) is 0 Å². The Hall–Kier alpha value is -2.99. The molecule has 6 heteroatoms. The number of anilines is 2. The lowest BCUT2D eigenvalue weighted by molar-refractivity contribution is -0.948. The topological polar surface area (TPSA) is 70.9 Å². The first-order chi connectivity index (χ1) is 14.4. The summed E-state index contributed by atoms with van der Waals surface area (Å²) in [6, 6.07) is 13.4. The molecule has 0 aromatic heterocycles. The van der Waals surface area contributed by atoms with Crippen molar-refractivity contribution in [2.24, 2.45) is 11.8 Å². The SMILES string of the molecule is Cc1ccc(N2C(=O)[C@H]3[C@@H](C2=O)[C@]2(C(=O)Nc4ccc(C)cc42)[NH+]2CCC[C@@H]32)cc1. The number of nitrogens with one attached hydrogen (secondary N) is 2. The lowest BCUT2D eigenvalue weighted by atomic mass is 9.75. The number of hydrogen-bond acceptors (Lipinski definition) is 3. The molecule has 30 heavy (non-hydrogen) atoms. The third-order valence-corrected chi connectivity index (χ3v) is 7.66. The molecule has 3 saturated heterocycles. The van der Waals surface area contributed by atoms with Gasteiger partial charge in [0.1, 0.15) is 17.9 Å². The molecule has 152 valence electrons. The fraction of sp³-hybridized carbons (Fsp3) is 0.375. The lowest BCUT2D eigenvalue weighted by Gasteiger charge is -2.33. The molecule has 4 aliphatic heterocycles. The second-order valence-corrected chi connectivity index (χ2v) is 9.19. The van der Waals surface area contributed by atoms with Crippen LogP contribution >= 0.6 is 0 Å². The van der Waals surface area contributed by atoms with Gasteiger partial charge in [-0.3, -0.25) is 14.4 Å². The molecule has 0 aliphatic carbocycles. The van der Waals surface area contributed by atoms with Crippen LogP contribution < -0.4 is 15.1 Å². The van der Waals surface area contributed by atoms with Crippen molar-refractivity contribution in [3.8, 4) is 0 Å². The molecule has 4 heterocycles. The second-order valence-electron chi connectivity index (χ2n) is 9.19. The van der Waals surface area contributed by atoms with Gasteiger partial charge in [-0.25, -0.2) is 4.90 Å². The van der Waals surface area contributed by atoms with Gasteiger partial charge in [0, 0.05) is 18.4 Å². The largest absolute Gasteiger partial charge is 0.320 e. The third kappa shape index (κ3) is 1.95. The average Bonchev–Trinajstić information content (AvgIpc) is 3.42. The van der Waals surface area contributed by atoms with Crippen LogP contribution in [-0.4, -0.2) is 30.3 Å². The summed E-state index contributed by atoms with van der Waals surface area (Å²) in [6.07, 6.45) is 1.83. The molecule has 0 radical (unpaired) electrons. The number of carbonyl (C=O) groups is 3. The summed E-state index contributed by atoms with van der Waals surface area (Å²) in [5.74, 6) is -1.63. The highest BCUT2D eigenvalue weighted by atomic mass is 16.2. The smallest absolute Gasteiger partial charge is 0.291 e. The molecular weight excluding hydrogens is 378 g/mol. The van der Waals surface area contributed by atoms with Gasteiger partial charge in [-0.05, 0) is 38.1 Å². The van der Waals surface area contributed by atoms with Gasteiger partial charge in [-0.15, -0.1) is 0 Å². The van der Waals surface area contributed by atoms with Crippen molar-refractivity contribution >= 4 is 29.1 Å². The summed E-state index contributed by atoms with van der Waals surface area (Å²) >= 11 is 0. The Morgan fingerprint density at radius 3 is 2.50 bits per heavy atom. The van der Waals surface area contributed by atoms with E-state index in [2.05, 4.69) is 5.32 Å². The lowest BCUT2D eigenvalue weighted by Crippen LogP contribution is -3.19. The van der Waals surface area contributed by atoms with E-state index in [9.17, 15) is 14.4 Å². The quantitative estimate of drug-likeness (QED) is 0.707. The maximum Gasteiger partial charge on any atom is 0.291 e. The van der Waals surface area contributed by atoms with Crippen LogP contribution in [0, 0.1) is 25.7 Å². The van der Waals surface area contributed by atoms with E-state index < -0.39 is 17.4 Å². The zero-order valence-corrected chi connectivity index (χ0v) is 17.1. The van der Waals surface area contributed by atoms with Crippen LogP contribution in [0.5, 0.6) is 0 Å². The Kier molecular flexibility index (Phi) is 3.44. The number of amides is 3. The van der Waals surface area contributed by atoms with Gasteiger partial charge in [0.2, 0.25) is 17.4 Å². The van der Waals surface area contributed by atoms with E-state index in [0.29, 0.717) is 5.69 Å². The molecule has 2 aromatic rings. The standard InChI is InChI=1S/C24H23N3O3/c1-13-5-8-15(9-6-13)27-21(28)19-18-4-3-11-26(18)24(20(19)22(27)29)16-12-14(2)7-10-17(16)25-23(24)30/h5-10,12,18-20H,3-4,11H2,1-2H3,(H,25,30)/p+1/t18-,19+,20-,24+/m0/s1. The fourth-order valence-corrected chi connectivity index (χ4v) is 6.52. The van der Waals surface area contributed by atoms with Gasteiger partial charge >= 0.3 is 0 Å². The van der Waals surface area contributed by atoms with Crippen LogP contribution in [0.1, 0.15) is 29.5 Å². The van der Waals surface area contributed by atoms with Crippen molar-refractivity contribution in [2.75, 3.05) is 16.8 Å². The van der Waals surface area contributed by atoms with E-state index in [4.69, 9.17) is 0 Å². The Morgan fingerprint density at radius 2 is 1.73 bits per heavy atom. The summed E-state index contributed by atoms with van der Waals surface area (Å²) in [6.45, 7) is 4.78. The number of hydrogen-bond donors (Lipinski definition) is 2. The number of carbonyl (C=O) groups excluding carboxylic acids is 3. The van der Waals surface area contributed by atoms with Crippen LogP contribution in [0.2, 0.25) is 0 Å². The first-order valence-electron chi connectivity index (χ1n) is 10.7. The average molecular weight is 402 g/mol. The zero-order chi connectivity index (χ0) is 20.8. The summed E-state index contributed by atoms with van der Waals surface area (Å²) in [5.41, 5.74) is 3.37. The second kappa shape index (κ2) is 5.79. The number of rotatable bonds is 1. The number of fused-ring (bicyclic) bond motifs is 7. The van der Waals surface area contributed by atoms with E-state index in [-0.39, 0.29) is 23.8 Å². The van der Waals surface area contributed by atoms with E-state index in [1.807, 2.05) is 56.3 Å². The molecule has 6 rings (SSSR count). The zero-order valence-electron chi connectivity index (χ0n) is 17.1. The van der Waals surface area contributed by atoms with E-state index in [0.717, 1.165) is 46.7 Å². The number of imide groups is 1. The predicted molar refractivity (Wildman–Crippen MR) is 111 cm³/mol. The maximum atomic E-state index is 13.8. The number of quaternary nitrogens is 1. The van der Waals surface area contributed by atoms with Gasteiger partial charge in [-0.1, -0.05) is 29.3 Å². The molecule has 1 unspecified atom stereocenters. The number of benzene rings is 2. The molecule has 4 aliphatic rings. The van der Waals surface area contributed by atoms with Gasteiger partial charge in [-0.2, -0.15) is 0 Å². The minimum Gasteiger partial charge on any atom is -0.320 e. The fourth-order valence-electron chi connectivity index (χ4n) is 6.52. The molecular formula is C24H24N3O3+. The molecule has 2 N–H and O–H groups in total. The molecule has 6 nitrogen and oxygen atoms in total. The third-order valence-electron chi connectivity index (χ3n) is 7.66. The van der Waals surface area contributed by atoms with Crippen LogP contribution in [-0.2, 0) is 19.9 Å². The Balaban J connectivity index is 1.56. The highest BCUT2D eigenvalue weighted by Crippen LogP contribution is 2.52. The number of aryl methyl sites for hydroxylation is 2. The van der Waals surface area contributed by atoms with E-state index in [1.54, 1.807) is 0 Å². The van der Waals surface area contributed by atoms with Crippen LogP contribution in [0.15, 0.2) is 42.5 Å². The molecule has 3 amide bonds. The highest BCUT2D eigenvalue weighted by molar-refractivity contribution is 6.25. The summed E-state index contributed by atoms with van der Waals surface area (Å²) in [7, 11) is 0. The Bertz CT molecular complexity index is 1130. The van der Waals surface area contributed by atoms with Crippen molar-refractivity contribution in [3.63, 3.8) is 0 Å². The van der Waals surface area contributed by atoms with Crippen molar-refractivity contribution in [3.05, 3.63) is 59.2 Å². The molecule has 0 saturated carbocycles. The Labute approximate surface area is 174 Å². The van der Waals surface area contributed by atoms with Gasteiger partial charge in [0.25, 0.3) is 5.91 Å². The minimum atomic E-state index is -1.01. The van der Waals surface area contributed by atoms with Crippen molar-refractivity contribution in [1.82, 2.24) is 0 Å². The molecule has 2 aromatic carbocycles. The monoisotopic (exact) mass is 402 g/mol. The normalized spacial score (nSPS) is 33.8. The summed E-state index contributed by atoms with van der Waals surface area (Å²) < 4.78 is 0. The molecule has 0 bridgehead atoms. The first kappa shape index (κ1) is 17.8. The van der Waals surface area contributed by atoms with Crippen LogP contribution in [0.25, 0.3) is 0 Å². The molecule has 1 spiro atoms. The van der Waals surface area contributed by atoms with Crippen molar-refractivity contribution in [1.29, 1.82) is 0 Å². The van der Waals surface area contributed by atoms with Crippen molar-refractivity contribution < 1.29 is 19.3 Å². The van der Waals surface area contributed by atoms with Gasteiger partial charge < -0.3 is 10.2 Å². The summed E-state index contributed by atoms with van der Waals surface area (Å²) in [4.78, 5) is 43.5. The molecule has 3 fully saturated rings. The van der Waals surface area contributed by atoms with Crippen LogP contribution in [0.3, 0.4) is 0 Å². The molecule has 5 atom stereocenters. The number of nitrogens with zero attached hydrogens (tertiary/aromatic N) is 1. The van der Waals surface area contributed by atoms with E-state index in [1.165, 1.54) is 4.90 Å². The summed E-state index contributed by atoms with van der Waals surface area (Å²) in [5, 5.41) is 3.04. The Morgan fingerprint density at radius 1 is 1.00 bits per heavy atom. The predicted octanol–water partition coefficient (Wildman–Crippen LogP) is 1.32. The highest BCUT2D eigenvalue weighted by Gasteiger charge is 2.78. The maximum absolute atomic E-state index is 13.8. The van der Waals surface area contributed by atoms with E-state index >= 15 is 0 Å². The van der Waals surface area contributed by atoms with Gasteiger partial charge in [0.05, 0.1) is 17.9 Å². The minimum absolute atomic E-state index is 0.000824. The van der Waals surface area contributed by atoms with Crippen molar-refractivity contribution in [2.45, 2.75) is 38.3 Å².